The molecule has 12 aromatic carbocycles. The quantitative estimate of drug-likeness (QED) is 0.156. The minimum absolute atomic E-state index is 1.24. The number of hydrogen-bond donors (Lipinski definition) is 0. The molecule has 61 heavy (non-hydrogen) atoms. The normalized spacial score (nSPS) is 11.9. The maximum Gasteiger partial charge on any atom is 0.0434 e. The fraction of sp³-hybridized carbons (Fsp3) is 0. The van der Waals surface area contributed by atoms with Gasteiger partial charge in [0.2, 0.25) is 0 Å². The molecule has 1 heteroatoms. The lowest BCUT2D eigenvalue weighted by Gasteiger charge is -2.19. The minimum atomic E-state index is 1.24. The standard InChI is InChI=1S/C60H36S/c1-3-20-40-37(16-1)18-13-30-43(40)57-47-24-7-5-22-45(47)56(46-23-6-8-25-48(46)57)39-34-35-42-53-32-15-33-54(60(53)61-55(42)36-39)59-51-28-11-9-26-49(51)58(50-27-10-12-29-52(50)59)44-31-14-19-38-17-2-4-21-41(38)44/h1-36H. The van der Waals surface area contributed by atoms with Gasteiger partial charge in [0, 0.05) is 25.7 Å². The lowest BCUT2D eigenvalue weighted by Crippen LogP contribution is -1.91. The van der Waals surface area contributed by atoms with Crippen LogP contribution in [-0.2, 0) is 0 Å². The predicted molar refractivity (Wildman–Crippen MR) is 266 cm³/mol. The van der Waals surface area contributed by atoms with Gasteiger partial charge in [-0.25, -0.2) is 0 Å². The monoisotopic (exact) mass is 788 g/mol. The molecule has 0 atom stereocenters. The van der Waals surface area contributed by atoms with Gasteiger partial charge >= 0.3 is 0 Å². The van der Waals surface area contributed by atoms with Gasteiger partial charge in [-0.3, -0.25) is 0 Å². The van der Waals surface area contributed by atoms with Crippen LogP contribution < -0.4 is 0 Å². The highest BCUT2D eigenvalue weighted by Gasteiger charge is 2.22. The highest BCUT2D eigenvalue weighted by molar-refractivity contribution is 7.26. The maximum atomic E-state index is 2.45. The van der Waals surface area contributed by atoms with Crippen molar-refractivity contribution in [2.45, 2.75) is 0 Å². The van der Waals surface area contributed by atoms with Crippen molar-refractivity contribution < 1.29 is 0 Å². The molecule has 0 fully saturated rings. The van der Waals surface area contributed by atoms with Crippen molar-refractivity contribution in [2.24, 2.45) is 0 Å². The Balaban J connectivity index is 1.05. The largest absolute Gasteiger partial charge is 0.135 e. The Labute approximate surface area is 357 Å². The van der Waals surface area contributed by atoms with E-state index in [-0.39, 0.29) is 0 Å². The molecule has 282 valence electrons. The van der Waals surface area contributed by atoms with Gasteiger partial charge in [0.15, 0.2) is 0 Å². The second kappa shape index (κ2) is 13.5. The van der Waals surface area contributed by atoms with Gasteiger partial charge in [0.05, 0.1) is 0 Å². The van der Waals surface area contributed by atoms with Gasteiger partial charge in [-0.15, -0.1) is 11.3 Å². The molecule has 0 spiro atoms. The van der Waals surface area contributed by atoms with Crippen molar-refractivity contribution in [3.63, 3.8) is 0 Å². The van der Waals surface area contributed by atoms with Crippen LogP contribution in [0.2, 0.25) is 0 Å². The van der Waals surface area contributed by atoms with E-state index >= 15 is 0 Å². The summed E-state index contributed by atoms with van der Waals surface area (Å²) in [5.74, 6) is 0. The first-order valence-corrected chi connectivity index (χ1v) is 21.9. The zero-order valence-electron chi connectivity index (χ0n) is 33.2. The summed E-state index contributed by atoms with van der Waals surface area (Å²) >= 11 is 1.92. The van der Waals surface area contributed by atoms with E-state index in [0.717, 1.165) is 0 Å². The van der Waals surface area contributed by atoms with Gasteiger partial charge in [-0.1, -0.05) is 212 Å². The molecular weight excluding hydrogens is 753 g/mol. The molecule has 0 bridgehead atoms. The maximum absolute atomic E-state index is 2.45. The molecule has 1 heterocycles. The van der Waals surface area contributed by atoms with E-state index in [2.05, 4.69) is 218 Å². The molecular formula is C60H36S. The van der Waals surface area contributed by atoms with Gasteiger partial charge in [-0.2, -0.15) is 0 Å². The predicted octanol–water partition coefficient (Wildman–Crippen LogP) is 17.6. The average Bonchev–Trinajstić information content (AvgIpc) is 3.70. The molecule has 0 aliphatic carbocycles. The van der Waals surface area contributed by atoms with Gasteiger partial charge in [0.25, 0.3) is 0 Å². The molecule has 0 amide bonds. The Hall–Kier alpha value is -7.58. The van der Waals surface area contributed by atoms with Crippen LogP contribution in [-0.4, -0.2) is 0 Å². The SMILES string of the molecule is c1ccc2c(-c3c4ccccc4c(-c4ccc5c(c4)sc4c(-c6c7ccccc7c(-c7cccc8ccccc78)c7ccccc67)cccc45)c4ccccc34)cccc2c1. The summed E-state index contributed by atoms with van der Waals surface area (Å²) in [5.41, 5.74) is 10.3. The molecule has 0 nitrogen and oxygen atoms in total. The number of rotatable bonds is 4. The molecule has 0 aliphatic rings. The molecule has 0 saturated heterocycles. The molecule has 0 saturated carbocycles. The van der Waals surface area contributed by atoms with E-state index in [4.69, 9.17) is 0 Å². The van der Waals surface area contributed by atoms with Crippen molar-refractivity contribution >= 4 is 96.1 Å². The van der Waals surface area contributed by atoms with E-state index in [1.54, 1.807) is 0 Å². The van der Waals surface area contributed by atoms with Gasteiger partial charge in [0.1, 0.15) is 0 Å². The van der Waals surface area contributed by atoms with Crippen LogP contribution in [0.5, 0.6) is 0 Å². The molecule has 0 radical (unpaired) electrons. The molecule has 0 N–H and O–H groups in total. The number of hydrogen-bond acceptors (Lipinski definition) is 1. The topological polar surface area (TPSA) is 0 Å². The third kappa shape index (κ3) is 5.11. The van der Waals surface area contributed by atoms with Crippen LogP contribution in [0, 0.1) is 0 Å². The van der Waals surface area contributed by atoms with Gasteiger partial charge in [-0.05, 0) is 110 Å². The van der Waals surface area contributed by atoms with E-state index in [9.17, 15) is 0 Å². The summed E-state index contributed by atoms with van der Waals surface area (Å²) in [5, 5.41) is 17.9. The van der Waals surface area contributed by atoms with E-state index in [1.165, 1.54) is 129 Å². The van der Waals surface area contributed by atoms with Crippen LogP contribution in [0.1, 0.15) is 0 Å². The fourth-order valence-electron chi connectivity index (χ4n) is 10.5. The molecule has 0 aliphatic heterocycles. The fourth-order valence-corrected chi connectivity index (χ4v) is 11.7. The minimum Gasteiger partial charge on any atom is -0.135 e. The summed E-state index contributed by atoms with van der Waals surface area (Å²) in [6.45, 7) is 0. The highest BCUT2D eigenvalue weighted by Crippen LogP contribution is 2.50. The Bertz CT molecular complexity index is 3820. The summed E-state index contributed by atoms with van der Waals surface area (Å²) in [4.78, 5) is 0. The summed E-state index contributed by atoms with van der Waals surface area (Å²) < 4.78 is 2.62. The number of fused-ring (bicyclic) bond motifs is 9. The Kier molecular flexibility index (Phi) is 7.58. The number of thiophene rings is 1. The summed E-state index contributed by atoms with van der Waals surface area (Å²) in [7, 11) is 0. The van der Waals surface area contributed by atoms with Crippen molar-refractivity contribution in [1.82, 2.24) is 0 Å². The van der Waals surface area contributed by atoms with Crippen LogP contribution >= 0.6 is 11.3 Å². The summed E-state index contributed by atoms with van der Waals surface area (Å²) in [6, 6.07) is 81.2. The zero-order chi connectivity index (χ0) is 40.0. The average molecular weight is 789 g/mol. The molecule has 13 rings (SSSR count). The van der Waals surface area contributed by atoms with Crippen molar-refractivity contribution in [3.05, 3.63) is 218 Å². The first kappa shape index (κ1) is 34.3. The Morgan fingerprint density at radius 1 is 0.230 bits per heavy atom. The first-order valence-electron chi connectivity index (χ1n) is 21.1. The zero-order valence-corrected chi connectivity index (χ0v) is 34.0. The third-order valence-corrected chi connectivity index (χ3v) is 14.2. The third-order valence-electron chi connectivity index (χ3n) is 13.0. The van der Waals surface area contributed by atoms with E-state index in [1.807, 2.05) is 11.3 Å². The van der Waals surface area contributed by atoms with Crippen molar-refractivity contribution in [3.8, 4) is 44.5 Å². The Morgan fingerprint density at radius 3 is 1.05 bits per heavy atom. The molecule has 0 unspecified atom stereocenters. The summed E-state index contributed by atoms with van der Waals surface area (Å²) in [6.07, 6.45) is 0. The first-order chi connectivity index (χ1) is 30.3. The molecule has 1 aromatic heterocycles. The van der Waals surface area contributed by atoms with Crippen LogP contribution in [0.4, 0.5) is 0 Å². The van der Waals surface area contributed by atoms with Gasteiger partial charge < -0.3 is 0 Å². The number of benzene rings is 12. The lowest BCUT2D eigenvalue weighted by atomic mass is 9.84. The second-order valence-corrected chi connectivity index (χ2v) is 17.3. The van der Waals surface area contributed by atoms with Crippen LogP contribution in [0.25, 0.3) is 129 Å². The van der Waals surface area contributed by atoms with E-state index < -0.39 is 0 Å². The van der Waals surface area contributed by atoms with Crippen LogP contribution in [0.3, 0.4) is 0 Å². The van der Waals surface area contributed by atoms with Crippen molar-refractivity contribution in [1.29, 1.82) is 0 Å². The van der Waals surface area contributed by atoms with E-state index in [0.29, 0.717) is 0 Å². The Morgan fingerprint density at radius 2 is 0.574 bits per heavy atom. The lowest BCUT2D eigenvalue weighted by molar-refractivity contribution is 1.69. The second-order valence-electron chi connectivity index (χ2n) is 16.2. The van der Waals surface area contributed by atoms with Crippen molar-refractivity contribution in [2.75, 3.05) is 0 Å². The highest BCUT2D eigenvalue weighted by atomic mass is 32.1. The van der Waals surface area contributed by atoms with Crippen LogP contribution in [0.15, 0.2) is 218 Å². The smallest absolute Gasteiger partial charge is 0.0434 e. The molecule has 13 aromatic rings.